The van der Waals surface area contributed by atoms with E-state index in [2.05, 4.69) is 31.4 Å². The molecule has 0 aliphatic carbocycles. The summed E-state index contributed by atoms with van der Waals surface area (Å²) in [7, 11) is 1.64. The minimum atomic E-state index is -0.239. The Hall–Kier alpha value is -1.86. The summed E-state index contributed by atoms with van der Waals surface area (Å²) in [6.45, 7) is 0.495. The molecule has 124 valence electrons. The lowest BCUT2D eigenvalue weighted by molar-refractivity contribution is 0.412. The van der Waals surface area contributed by atoms with E-state index in [0.29, 0.717) is 6.54 Å². The molecule has 0 aromatic heterocycles. The normalized spacial score (nSPS) is 15.8. The van der Waals surface area contributed by atoms with E-state index < -0.39 is 0 Å². The summed E-state index contributed by atoms with van der Waals surface area (Å²) in [5.74, 6) is 1.28. The van der Waals surface area contributed by atoms with Gasteiger partial charge in [-0.3, -0.25) is 10.4 Å². The number of methoxy groups -OCH3 is 1. The van der Waals surface area contributed by atoms with Crippen molar-refractivity contribution >= 4 is 38.6 Å². The molecule has 1 N–H and O–H groups in total. The Kier molecular flexibility index (Phi) is 5.52. The van der Waals surface area contributed by atoms with Crippen molar-refractivity contribution < 1.29 is 9.13 Å². The van der Waals surface area contributed by atoms with Crippen LogP contribution in [0.25, 0.3) is 0 Å². The third-order valence-electron chi connectivity index (χ3n) is 3.44. The smallest absolute Gasteiger partial charge is 0.177 e. The Balaban J connectivity index is 1.66. The highest BCUT2D eigenvalue weighted by molar-refractivity contribution is 9.10. The summed E-state index contributed by atoms with van der Waals surface area (Å²) < 4.78 is 19.0. The molecule has 0 fully saturated rings. The van der Waals surface area contributed by atoms with Crippen LogP contribution in [0.3, 0.4) is 0 Å². The van der Waals surface area contributed by atoms with E-state index in [-0.39, 0.29) is 5.82 Å². The molecular formula is C17H15BrFN3OS. The van der Waals surface area contributed by atoms with Gasteiger partial charge < -0.3 is 4.74 Å². The zero-order valence-corrected chi connectivity index (χ0v) is 15.3. The average Bonchev–Trinajstić information content (AvgIpc) is 2.61. The predicted octanol–water partition coefficient (Wildman–Crippen LogP) is 4.19. The number of amidine groups is 1. The maximum atomic E-state index is 12.9. The Bertz CT molecular complexity index is 793. The van der Waals surface area contributed by atoms with Crippen LogP contribution in [0.2, 0.25) is 0 Å². The molecule has 1 heterocycles. The molecule has 0 spiro atoms. The van der Waals surface area contributed by atoms with E-state index in [9.17, 15) is 4.39 Å². The van der Waals surface area contributed by atoms with E-state index in [4.69, 9.17) is 4.74 Å². The van der Waals surface area contributed by atoms with Crippen molar-refractivity contribution in [1.29, 1.82) is 0 Å². The second-order valence-electron chi connectivity index (χ2n) is 5.06. The molecule has 0 atom stereocenters. The van der Waals surface area contributed by atoms with E-state index >= 15 is 0 Å². The van der Waals surface area contributed by atoms with Gasteiger partial charge in [0.05, 0.1) is 23.8 Å². The van der Waals surface area contributed by atoms with Gasteiger partial charge in [-0.25, -0.2) is 4.39 Å². The standard InChI is InChI=1S/C17H15BrFN3OS/c1-23-16-7-4-12(8-14(16)18)15-10-24-17(22-21-15)20-9-11-2-5-13(19)6-3-11/h2-8H,9-10H2,1H3,(H,20,22). The summed E-state index contributed by atoms with van der Waals surface area (Å²) in [6, 6.07) is 12.2. The second-order valence-corrected chi connectivity index (χ2v) is 6.87. The van der Waals surface area contributed by atoms with Gasteiger partial charge in [0.25, 0.3) is 0 Å². The fourth-order valence-corrected chi connectivity index (χ4v) is 3.46. The minimum absolute atomic E-state index is 0.239. The van der Waals surface area contributed by atoms with E-state index in [1.807, 2.05) is 18.2 Å². The molecule has 0 radical (unpaired) electrons. The average molecular weight is 408 g/mol. The van der Waals surface area contributed by atoms with Crippen molar-refractivity contribution in [1.82, 2.24) is 5.43 Å². The molecule has 7 heteroatoms. The molecular weight excluding hydrogens is 393 g/mol. The molecule has 4 nitrogen and oxygen atoms in total. The fourth-order valence-electron chi connectivity index (χ4n) is 2.14. The molecule has 0 saturated carbocycles. The van der Waals surface area contributed by atoms with Crippen molar-refractivity contribution in [3.8, 4) is 5.75 Å². The fraction of sp³-hybridized carbons (Fsp3) is 0.176. The monoisotopic (exact) mass is 407 g/mol. The van der Waals surface area contributed by atoms with Gasteiger partial charge >= 0.3 is 0 Å². The van der Waals surface area contributed by atoms with E-state index in [1.54, 1.807) is 31.0 Å². The van der Waals surface area contributed by atoms with Gasteiger partial charge in [0.2, 0.25) is 0 Å². The third-order valence-corrected chi connectivity index (χ3v) is 4.97. The summed E-state index contributed by atoms with van der Waals surface area (Å²) in [4.78, 5) is 4.47. The maximum absolute atomic E-state index is 12.9. The molecule has 2 aromatic carbocycles. The Morgan fingerprint density at radius 2 is 2.08 bits per heavy atom. The van der Waals surface area contributed by atoms with Crippen molar-refractivity contribution in [3.63, 3.8) is 0 Å². The van der Waals surface area contributed by atoms with Crippen LogP contribution in [0.5, 0.6) is 5.75 Å². The van der Waals surface area contributed by atoms with Gasteiger partial charge in [-0.05, 0) is 57.4 Å². The highest BCUT2D eigenvalue weighted by Crippen LogP contribution is 2.26. The molecule has 0 bridgehead atoms. The summed E-state index contributed by atoms with van der Waals surface area (Å²) in [5.41, 5.74) is 5.91. The van der Waals surface area contributed by atoms with Crippen LogP contribution < -0.4 is 10.2 Å². The first kappa shape index (κ1) is 17.0. The number of nitrogens with one attached hydrogen (secondary N) is 1. The van der Waals surface area contributed by atoms with Crippen LogP contribution in [0.1, 0.15) is 11.1 Å². The van der Waals surface area contributed by atoms with Crippen molar-refractivity contribution in [3.05, 3.63) is 63.9 Å². The van der Waals surface area contributed by atoms with Gasteiger partial charge in [-0.15, -0.1) is 0 Å². The van der Waals surface area contributed by atoms with Crippen LogP contribution >= 0.6 is 27.7 Å². The van der Waals surface area contributed by atoms with E-state index in [0.717, 1.165) is 38.0 Å². The Morgan fingerprint density at radius 1 is 1.29 bits per heavy atom. The van der Waals surface area contributed by atoms with Gasteiger partial charge in [-0.1, -0.05) is 23.9 Å². The predicted molar refractivity (Wildman–Crippen MR) is 100 cm³/mol. The zero-order chi connectivity index (χ0) is 16.9. The summed E-state index contributed by atoms with van der Waals surface area (Å²) in [6.07, 6.45) is 0. The lowest BCUT2D eigenvalue weighted by atomic mass is 10.1. The number of benzene rings is 2. The number of hydrogen-bond acceptors (Lipinski definition) is 4. The number of hydrogen-bond donors (Lipinski definition) is 1. The first-order chi connectivity index (χ1) is 11.7. The summed E-state index contributed by atoms with van der Waals surface area (Å²) in [5, 5.41) is 5.16. The molecule has 0 saturated heterocycles. The first-order valence-corrected chi connectivity index (χ1v) is 9.02. The number of rotatable bonds is 4. The number of aliphatic imine (C=N–C) groups is 1. The largest absolute Gasteiger partial charge is 0.496 e. The Labute approximate surface area is 152 Å². The quantitative estimate of drug-likeness (QED) is 0.825. The highest BCUT2D eigenvalue weighted by Gasteiger charge is 2.14. The topological polar surface area (TPSA) is 46.0 Å². The van der Waals surface area contributed by atoms with E-state index in [1.165, 1.54) is 12.1 Å². The van der Waals surface area contributed by atoms with Gasteiger partial charge in [-0.2, -0.15) is 5.10 Å². The van der Waals surface area contributed by atoms with Crippen molar-refractivity contribution in [2.24, 2.45) is 10.1 Å². The number of thioether (sulfide) groups is 1. The molecule has 1 aliphatic rings. The minimum Gasteiger partial charge on any atom is -0.496 e. The first-order valence-electron chi connectivity index (χ1n) is 7.24. The van der Waals surface area contributed by atoms with Crippen LogP contribution in [-0.2, 0) is 6.54 Å². The maximum Gasteiger partial charge on any atom is 0.177 e. The van der Waals surface area contributed by atoms with Gasteiger partial charge in [0.15, 0.2) is 5.17 Å². The molecule has 2 aromatic rings. The van der Waals surface area contributed by atoms with Crippen LogP contribution in [0.4, 0.5) is 4.39 Å². The zero-order valence-electron chi connectivity index (χ0n) is 12.9. The number of hydrazone groups is 1. The number of ether oxygens (including phenoxy) is 1. The van der Waals surface area contributed by atoms with Gasteiger partial charge in [0.1, 0.15) is 11.6 Å². The molecule has 0 unspecified atom stereocenters. The van der Waals surface area contributed by atoms with Crippen LogP contribution in [0, 0.1) is 5.82 Å². The van der Waals surface area contributed by atoms with Crippen molar-refractivity contribution in [2.45, 2.75) is 6.54 Å². The third kappa shape index (κ3) is 4.15. The highest BCUT2D eigenvalue weighted by atomic mass is 79.9. The van der Waals surface area contributed by atoms with Crippen LogP contribution in [0.15, 0.2) is 57.0 Å². The second kappa shape index (κ2) is 7.81. The molecule has 3 rings (SSSR count). The number of nitrogens with zero attached hydrogens (tertiary/aromatic N) is 2. The molecule has 0 amide bonds. The summed E-state index contributed by atoms with van der Waals surface area (Å²) >= 11 is 5.08. The molecule has 24 heavy (non-hydrogen) atoms. The Morgan fingerprint density at radius 3 is 2.71 bits per heavy atom. The number of halogens is 2. The van der Waals surface area contributed by atoms with Crippen molar-refractivity contribution in [2.75, 3.05) is 12.9 Å². The lowest BCUT2D eigenvalue weighted by Crippen LogP contribution is -2.25. The SMILES string of the molecule is COc1ccc(C2=NNC(=NCc3ccc(F)cc3)SC2)cc1Br. The lowest BCUT2D eigenvalue weighted by Gasteiger charge is -2.15. The van der Waals surface area contributed by atoms with Crippen LogP contribution in [-0.4, -0.2) is 23.7 Å². The molecule has 1 aliphatic heterocycles. The van der Waals surface area contributed by atoms with Gasteiger partial charge in [0, 0.05) is 5.75 Å².